The quantitative estimate of drug-likeness (QED) is 0.653. The lowest BCUT2D eigenvalue weighted by atomic mass is 9.67. The van der Waals surface area contributed by atoms with E-state index in [0.29, 0.717) is 13.1 Å². The van der Waals surface area contributed by atoms with Crippen LogP contribution in [0.3, 0.4) is 0 Å². The molecule has 0 aliphatic carbocycles. The minimum Gasteiger partial charge on any atom is -0.375 e. The van der Waals surface area contributed by atoms with Crippen molar-refractivity contribution in [2.45, 2.75) is 87.7 Å². The second kappa shape index (κ2) is 8.55. The van der Waals surface area contributed by atoms with Crippen molar-refractivity contribution >= 4 is 6.03 Å². The minimum absolute atomic E-state index is 0.0968. The van der Waals surface area contributed by atoms with E-state index in [-0.39, 0.29) is 27.9 Å². The summed E-state index contributed by atoms with van der Waals surface area (Å²) in [6.07, 6.45) is 1.82. The van der Waals surface area contributed by atoms with Crippen LogP contribution in [0.2, 0.25) is 0 Å². The smallest absolute Gasteiger partial charge is 0.314 e. The fraction of sp³-hybridized carbons (Fsp3) is 0.950. The summed E-state index contributed by atoms with van der Waals surface area (Å²) < 4.78 is 6.08. The topological polar surface area (TPSA) is 50.4 Å². The second-order valence-corrected chi connectivity index (χ2v) is 10.4. The molecule has 0 aromatic heterocycles. The number of carbonyl (C=O) groups excluding carboxylic acids is 1. The van der Waals surface area contributed by atoms with E-state index >= 15 is 0 Å². The average Bonchev–Trinajstić information content (AvgIpc) is 2.33. The van der Waals surface area contributed by atoms with Gasteiger partial charge in [0.2, 0.25) is 0 Å². The zero-order valence-corrected chi connectivity index (χ0v) is 17.9. The van der Waals surface area contributed by atoms with Gasteiger partial charge in [-0.05, 0) is 42.9 Å². The van der Waals surface area contributed by atoms with Gasteiger partial charge >= 0.3 is 6.03 Å². The van der Waals surface area contributed by atoms with Crippen LogP contribution in [0.1, 0.15) is 82.1 Å². The van der Waals surface area contributed by atoms with E-state index in [4.69, 9.17) is 4.74 Å². The molecule has 4 nitrogen and oxygen atoms in total. The molecule has 0 atom stereocenters. The first kappa shape index (κ1) is 23.2. The molecule has 2 amide bonds. The molecule has 0 aliphatic heterocycles. The second-order valence-electron chi connectivity index (χ2n) is 10.4. The molecule has 0 spiro atoms. The Bertz CT molecular complexity index is 387. The summed E-state index contributed by atoms with van der Waals surface area (Å²) in [5.41, 5.74) is 0.353. The van der Waals surface area contributed by atoms with Gasteiger partial charge in [0.1, 0.15) is 0 Å². The molecule has 0 radical (unpaired) electrons. The molecule has 0 saturated heterocycles. The van der Waals surface area contributed by atoms with Crippen molar-refractivity contribution in [3.63, 3.8) is 0 Å². The van der Waals surface area contributed by atoms with Crippen molar-refractivity contribution in [3.8, 4) is 0 Å². The van der Waals surface area contributed by atoms with Gasteiger partial charge in [-0.2, -0.15) is 0 Å². The third-order valence-electron chi connectivity index (χ3n) is 5.04. The van der Waals surface area contributed by atoms with E-state index in [1.165, 1.54) is 0 Å². The molecule has 4 heteroatoms. The third-order valence-corrected chi connectivity index (χ3v) is 5.04. The zero-order chi connectivity index (χ0) is 19.2. The number of rotatable bonds is 8. The Labute approximate surface area is 150 Å². The standard InChI is InChI=1S/C20H42N2O2/c1-17(2,3)15-22-16(23)21-13-11-20(9,10)24-14-12-19(7,8)18(4,5)6/h11-15H2,1-10H3,(H2,21,22,23). The van der Waals surface area contributed by atoms with Gasteiger partial charge in [-0.15, -0.1) is 0 Å². The van der Waals surface area contributed by atoms with Gasteiger partial charge in [0.15, 0.2) is 0 Å². The number of urea groups is 1. The maximum absolute atomic E-state index is 11.8. The summed E-state index contributed by atoms with van der Waals surface area (Å²) in [4.78, 5) is 11.8. The van der Waals surface area contributed by atoms with Crippen molar-refractivity contribution < 1.29 is 9.53 Å². The largest absolute Gasteiger partial charge is 0.375 e. The monoisotopic (exact) mass is 342 g/mol. The first-order valence-corrected chi connectivity index (χ1v) is 9.21. The summed E-state index contributed by atoms with van der Waals surface area (Å²) in [7, 11) is 0. The van der Waals surface area contributed by atoms with E-state index in [0.717, 1.165) is 19.4 Å². The first-order valence-electron chi connectivity index (χ1n) is 9.21. The van der Waals surface area contributed by atoms with Crippen LogP contribution in [0.4, 0.5) is 4.79 Å². The van der Waals surface area contributed by atoms with Crippen molar-refractivity contribution in [1.82, 2.24) is 10.6 Å². The number of ether oxygens (including phenoxy) is 1. The average molecular weight is 343 g/mol. The van der Waals surface area contributed by atoms with Crippen molar-refractivity contribution in [2.75, 3.05) is 19.7 Å². The fourth-order valence-corrected chi connectivity index (χ4v) is 1.91. The minimum atomic E-state index is -0.231. The van der Waals surface area contributed by atoms with Gasteiger partial charge in [0, 0.05) is 19.7 Å². The molecule has 0 rings (SSSR count). The molecule has 144 valence electrons. The molecule has 0 heterocycles. The Morgan fingerprint density at radius 1 is 0.833 bits per heavy atom. The molecule has 0 saturated carbocycles. The van der Waals surface area contributed by atoms with Gasteiger partial charge in [-0.25, -0.2) is 4.79 Å². The molecule has 0 fully saturated rings. The molecule has 0 aromatic rings. The highest BCUT2D eigenvalue weighted by molar-refractivity contribution is 5.73. The Hall–Kier alpha value is -0.770. The fourth-order valence-electron chi connectivity index (χ4n) is 1.91. The van der Waals surface area contributed by atoms with Crippen LogP contribution in [0, 0.1) is 16.2 Å². The summed E-state index contributed by atoms with van der Waals surface area (Å²) in [6, 6.07) is -0.102. The van der Waals surface area contributed by atoms with Crippen LogP contribution < -0.4 is 10.6 Å². The lowest BCUT2D eigenvalue weighted by Gasteiger charge is -2.39. The molecule has 0 aromatic carbocycles. The number of carbonyl (C=O) groups is 1. The number of hydrogen-bond donors (Lipinski definition) is 2. The van der Waals surface area contributed by atoms with Crippen molar-refractivity contribution in [1.29, 1.82) is 0 Å². The summed E-state index contributed by atoms with van der Waals surface area (Å²) in [5, 5.41) is 5.81. The highest BCUT2D eigenvalue weighted by Crippen LogP contribution is 2.40. The van der Waals surface area contributed by atoms with Crippen LogP contribution in [-0.4, -0.2) is 31.3 Å². The molecule has 2 N–H and O–H groups in total. The van der Waals surface area contributed by atoms with Crippen LogP contribution in [0.25, 0.3) is 0 Å². The van der Waals surface area contributed by atoms with E-state index < -0.39 is 0 Å². The molecule has 0 bridgehead atoms. The highest BCUT2D eigenvalue weighted by Gasteiger charge is 2.32. The van der Waals surface area contributed by atoms with Gasteiger partial charge in [0.05, 0.1) is 5.60 Å². The normalized spacial score (nSPS) is 13.8. The Kier molecular flexibility index (Phi) is 8.28. The number of nitrogens with one attached hydrogen (secondary N) is 2. The predicted octanol–water partition coefficient (Wildman–Crippen LogP) is 4.98. The van der Waals surface area contributed by atoms with Crippen LogP contribution >= 0.6 is 0 Å². The summed E-state index contributed by atoms with van der Waals surface area (Å²) >= 11 is 0. The van der Waals surface area contributed by atoms with Gasteiger partial charge < -0.3 is 15.4 Å². The van der Waals surface area contributed by atoms with E-state index in [1.54, 1.807) is 0 Å². The molecule has 0 unspecified atom stereocenters. The number of amides is 2. The SMILES string of the molecule is CC(C)(C)CNC(=O)NCCC(C)(C)OCCC(C)(C)C(C)(C)C. The van der Waals surface area contributed by atoms with Gasteiger partial charge in [0.25, 0.3) is 0 Å². The van der Waals surface area contributed by atoms with E-state index in [9.17, 15) is 4.79 Å². The van der Waals surface area contributed by atoms with Crippen molar-refractivity contribution in [2.24, 2.45) is 16.2 Å². The molecule has 24 heavy (non-hydrogen) atoms. The molecule has 0 aliphatic rings. The summed E-state index contributed by atoms with van der Waals surface area (Å²) in [6.45, 7) is 23.9. The van der Waals surface area contributed by atoms with Gasteiger partial charge in [-0.1, -0.05) is 55.4 Å². The maximum atomic E-state index is 11.8. The van der Waals surface area contributed by atoms with Crippen LogP contribution in [0.15, 0.2) is 0 Å². The zero-order valence-electron chi connectivity index (χ0n) is 17.9. The Morgan fingerprint density at radius 3 is 1.83 bits per heavy atom. The molecular weight excluding hydrogens is 300 g/mol. The highest BCUT2D eigenvalue weighted by atomic mass is 16.5. The predicted molar refractivity (Wildman–Crippen MR) is 103 cm³/mol. The molecular formula is C20H42N2O2. The summed E-state index contributed by atoms with van der Waals surface area (Å²) in [5.74, 6) is 0. The van der Waals surface area contributed by atoms with Gasteiger partial charge in [-0.3, -0.25) is 0 Å². The maximum Gasteiger partial charge on any atom is 0.314 e. The lowest BCUT2D eigenvalue weighted by molar-refractivity contribution is -0.0445. The lowest BCUT2D eigenvalue weighted by Crippen LogP contribution is -2.42. The third kappa shape index (κ3) is 10.2. The van der Waals surface area contributed by atoms with Crippen LogP contribution in [-0.2, 0) is 4.74 Å². The first-order chi connectivity index (χ1) is 10.6. The van der Waals surface area contributed by atoms with E-state index in [2.05, 4.69) is 79.9 Å². The van der Waals surface area contributed by atoms with E-state index in [1.807, 2.05) is 0 Å². The number of hydrogen-bond acceptors (Lipinski definition) is 2. The van der Waals surface area contributed by atoms with Crippen molar-refractivity contribution in [3.05, 3.63) is 0 Å². The Balaban J connectivity index is 4.08. The van der Waals surface area contributed by atoms with Crippen LogP contribution in [0.5, 0.6) is 0 Å². The Morgan fingerprint density at radius 2 is 1.38 bits per heavy atom.